The van der Waals surface area contributed by atoms with Crippen molar-refractivity contribution in [3.05, 3.63) is 40.8 Å². The number of nitrogens with zero attached hydrogens (tertiary/aromatic N) is 1. The van der Waals surface area contributed by atoms with Crippen molar-refractivity contribution in [2.45, 2.75) is 50.2 Å². The van der Waals surface area contributed by atoms with Crippen LogP contribution in [0.15, 0.2) is 27.6 Å². The van der Waals surface area contributed by atoms with Gasteiger partial charge in [-0.05, 0) is 49.8 Å². The Bertz CT molecular complexity index is 912. The fourth-order valence-corrected chi connectivity index (χ4v) is 5.45. The molecule has 0 radical (unpaired) electrons. The van der Waals surface area contributed by atoms with E-state index in [0.29, 0.717) is 25.1 Å². The summed E-state index contributed by atoms with van der Waals surface area (Å²) in [6.07, 6.45) is 1.59. The Morgan fingerprint density at radius 1 is 1.31 bits per heavy atom. The molecule has 0 amide bonds. The number of ether oxygens (including phenoxy) is 1. The van der Waals surface area contributed by atoms with Gasteiger partial charge in [-0.1, -0.05) is 17.3 Å². The standard InChI is InChI=1S/C18H22N2O5S/c1-10-18(11(2)25-19-10)26(22,23)20-17(14-8-15(21)9-14)13-3-4-16-12(7-13)5-6-24-16/h3-4,7,14-15,17,20-21H,5-6,8-9H2,1-2H3/t14?,15?,17-/m1/s1. The summed E-state index contributed by atoms with van der Waals surface area (Å²) in [6.45, 7) is 3.85. The normalized spacial score (nSPS) is 23.2. The summed E-state index contributed by atoms with van der Waals surface area (Å²) in [5, 5.41) is 13.5. The molecule has 0 spiro atoms. The number of nitrogens with one attached hydrogen (secondary N) is 1. The Labute approximate surface area is 152 Å². The molecule has 2 heterocycles. The van der Waals surface area contributed by atoms with Crippen molar-refractivity contribution in [1.82, 2.24) is 9.88 Å². The van der Waals surface area contributed by atoms with Crippen LogP contribution in [0.5, 0.6) is 5.75 Å². The number of fused-ring (bicyclic) bond motifs is 1. The first-order valence-electron chi connectivity index (χ1n) is 8.74. The van der Waals surface area contributed by atoms with E-state index in [1.807, 2.05) is 18.2 Å². The zero-order valence-electron chi connectivity index (χ0n) is 14.7. The molecule has 2 aliphatic rings. The van der Waals surface area contributed by atoms with E-state index in [1.54, 1.807) is 13.8 Å². The van der Waals surface area contributed by atoms with Gasteiger partial charge < -0.3 is 14.4 Å². The van der Waals surface area contributed by atoms with Gasteiger partial charge in [-0.2, -0.15) is 0 Å². The number of aliphatic hydroxyl groups is 1. The molecule has 1 atom stereocenters. The predicted molar refractivity (Wildman–Crippen MR) is 93.4 cm³/mol. The van der Waals surface area contributed by atoms with Crippen LogP contribution in [0.1, 0.15) is 41.5 Å². The van der Waals surface area contributed by atoms with Gasteiger partial charge in [0.15, 0.2) is 5.76 Å². The zero-order valence-corrected chi connectivity index (χ0v) is 15.5. The molecule has 2 N–H and O–H groups in total. The minimum Gasteiger partial charge on any atom is -0.493 e. The second kappa shape index (κ2) is 6.37. The summed E-state index contributed by atoms with van der Waals surface area (Å²) in [5.74, 6) is 1.17. The lowest BCUT2D eigenvalue weighted by molar-refractivity contribution is 0.0280. The molecule has 26 heavy (non-hydrogen) atoms. The fraction of sp³-hybridized carbons (Fsp3) is 0.500. The summed E-state index contributed by atoms with van der Waals surface area (Å²) in [7, 11) is -3.80. The van der Waals surface area contributed by atoms with Crippen molar-refractivity contribution in [3.63, 3.8) is 0 Å². The van der Waals surface area contributed by atoms with E-state index < -0.39 is 16.1 Å². The molecule has 1 aliphatic carbocycles. The lowest BCUT2D eigenvalue weighted by atomic mass is 9.75. The van der Waals surface area contributed by atoms with Gasteiger partial charge in [0.2, 0.25) is 10.0 Å². The van der Waals surface area contributed by atoms with Crippen LogP contribution in [0.3, 0.4) is 0 Å². The minimum absolute atomic E-state index is 0.0422. The van der Waals surface area contributed by atoms with E-state index in [9.17, 15) is 13.5 Å². The number of aromatic nitrogens is 1. The molecule has 4 rings (SSSR count). The third-order valence-corrected chi connectivity index (χ3v) is 6.90. The zero-order chi connectivity index (χ0) is 18.5. The molecule has 7 nitrogen and oxygen atoms in total. The highest BCUT2D eigenvalue weighted by molar-refractivity contribution is 7.89. The van der Waals surface area contributed by atoms with Crippen LogP contribution < -0.4 is 9.46 Å². The van der Waals surface area contributed by atoms with Gasteiger partial charge in [0.1, 0.15) is 16.3 Å². The Kier molecular flexibility index (Phi) is 4.29. The number of rotatable bonds is 5. The largest absolute Gasteiger partial charge is 0.493 e. The topological polar surface area (TPSA) is 102 Å². The van der Waals surface area contributed by atoms with Crippen molar-refractivity contribution in [3.8, 4) is 5.75 Å². The van der Waals surface area contributed by atoms with E-state index in [4.69, 9.17) is 9.26 Å². The molecular weight excluding hydrogens is 356 g/mol. The number of aryl methyl sites for hydroxylation is 2. The van der Waals surface area contributed by atoms with Crippen molar-refractivity contribution in [2.75, 3.05) is 6.61 Å². The van der Waals surface area contributed by atoms with Gasteiger partial charge in [-0.15, -0.1) is 0 Å². The molecule has 0 saturated heterocycles. The highest BCUT2D eigenvalue weighted by Crippen LogP contribution is 2.40. The quantitative estimate of drug-likeness (QED) is 0.825. The number of benzene rings is 1. The van der Waals surface area contributed by atoms with E-state index in [0.717, 1.165) is 23.3 Å². The monoisotopic (exact) mass is 378 g/mol. The molecule has 8 heteroatoms. The first-order valence-corrected chi connectivity index (χ1v) is 10.2. The van der Waals surface area contributed by atoms with Gasteiger partial charge >= 0.3 is 0 Å². The number of sulfonamides is 1. The Morgan fingerprint density at radius 3 is 2.73 bits per heavy atom. The van der Waals surface area contributed by atoms with E-state index >= 15 is 0 Å². The molecule has 0 bridgehead atoms. The molecule has 1 fully saturated rings. The Morgan fingerprint density at radius 2 is 2.08 bits per heavy atom. The van der Waals surface area contributed by atoms with Crippen LogP contribution in [0.25, 0.3) is 0 Å². The van der Waals surface area contributed by atoms with Crippen molar-refractivity contribution in [2.24, 2.45) is 5.92 Å². The van der Waals surface area contributed by atoms with Crippen LogP contribution >= 0.6 is 0 Å². The predicted octanol–water partition coefficient (Wildman–Crippen LogP) is 2.02. The number of hydrogen-bond acceptors (Lipinski definition) is 6. The van der Waals surface area contributed by atoms with Gasteiger partial charge in [-0.25, -0.2) is 13.1 Å². The van der Waals surface area contributed by atoms with Gasteiger partial charge in [0, 0.05) is 12.5 Å². The molecule has 140 valence electrons. The molecule has 1 aromatic carbocycles. The minimum atomic E-state index is -3.80. The second-order valence-electron chi connectivity index (χ2n) is 7.10. The smallest absolute Gasteiger partial charge is 0.246 e. The van der Waals surface area contributed by atoms with Crippen LogP contribution in [0.4, 0.5) is 0 Å². The van der Waals surface area contributed by atoms with E-state index in [2.05, 4.69) is 9.88 Å². The molecule has 1 aromatic heterocycles. The molecular formula is C18H22N2O5S. The number of hydrogen-bond donors (Lipinski definition) is 2. The highest BCUT2D eigenvalue weighted by Gasteiger charge is 2.38. The first kappa shape index (κ1) is 17.5. The summed E-state index contributed by atoms with van der Waals surface area (Å²) in [6, 6.07) is 5.38. The Balaban J connectivity index is 1.68. The lowest BCUT2D eigenvalue weighted by Gasteiger charge is -2.38. The maximum atomic E-state index is 13.0. The number of aliphatic hydroxyl groups excluding tert-OH is 1. The summed E-state index contributed by atoms with van der Waals surface area (Å²) >= 11 is 0. The van der Waals surface area contributed by atoms with Crippen LogP contribution in [-0.2, 0) is 16.4 Å². The van der Waals surface area contributed by atoms with E-state index in [-0.39, 0.29) is 22.7 Å². The summed E-state index contributed by atoms with van der Waals surface area (Å²) in [5.41, 5.74) is 2.31. The Hall–Kier alpha value is -1.90. The molecule has 1 aliphatic heterocycles. The third kappa shape index (κ3) is 3.02. The maximum absolute atomic E-state index is 13.0. The average Bonchev–Trinajstić information content (AvgIpc) is 3.15. The third-order valence-electron chi connectivity index (χ3n) is 5.21. The lowest BCUT2D eigenvalue weighted by Crippen LogP contribution is -2.41. The van der Waals surface area contributed by atoms with Gasteiger partial charge in [-0.3, -0.25) is 0 Å². The van der Waals surface area contributed by atoms with Crippen molar-refractivity contribution >= 4 is 10.0 Å². The molecule has 1 saturated carbocycles. The molecule has 2 aromatic rings. The van der Waals surface area contributed by atoms with E-state index in [1.165, 1.54) is 0 Å². The maximum Gasteiger partial charge on any atom is 0.246 e. The summed E-state index contributed by atoms with van der Waals surface area (Å²) < 4.78 is 39.4. The van der Waals surface area contributed by atoms with Crippen molar-refractivity contribution < 1.29 is 22.8 Å². The van der Waals surface area contributed by atoms with Crippen LogP contribution in [0.2, 0.25) is 0 Å². The van der Waals surface area contributed by atoms with Gasteiger partial charge in [0.05, 0.1) is 12.7 Å². The fourth-order valence-electron chi connectivity index (χ4n) is 3.82. The SMILES string of the molecule is Cc1noc(C)c1S(=O)(=O)N[C@H](c1ccc2c(c1)CCO2)C1CC(O)C1. The second-order valence-corrected chi connectivity index (χ2v) is 8.75. The van der Waals surface area contributed by atoms with Crippen LogP contribution in [-0.4, -0.2) is 31.4 Å². The first-order chi connectivity index (χ1) is 12.3. The van der Waals surface area contributed by atoms with Gasteiger partial charge in [0.25, 0.3) is 0 Å². The van der Waals surface area contributed by atoms with Crippen molar-refractivity contribution in [1.29, 1.82) is 0 Å². The average molecular weight is 378 g/mol. The summed E-state index contributed by atoms with van der Waals surface area (Å²) in [4.78, 5) is 0.0897. The highest BCUT2D eigenvalue weighted by atomic mass is 32.2. The molecule has 0 unspecified atom stereocenters. The van der Waals surface area contributed by atoms with Crippen LogP contribution in [0, 0.1) is 19.8 Å².